The molecule has 168 valence electrons. The number of carbonyl (C=O) groups is 3. The van der Waals surface area contributed by atoms with Crippen LogP contribution in [0.15, 0.2) is 30.3 Å². The smallest absolute Gasteiger partial charge is 0.240 e. The zero-order chi connectivity index (χ0) is 21.8. The Bertz CT molecular complexity index is 805. The number of imide groups is 1. The van der Waals surface area contributed by atoms with Crippen molar-refractivity contribution >= 4 is 17.7 Å². The number of aliphatic hydroxyl groups is 1. The minimum atomic E-state index is -1.11. The summed E-state index contributed by atoms with van der Waals surface area (Å²) in [7, 11) is 0. The van der Waals surface area contributed by atoms with Crippen molar-refractivity contribution in [1.82, 2.24) is 9.80 Å². The zero-order valence-electron chi connectivity index (χ0n) is 18.3. The van der Waals surface area contributed by atoms with Gasteiger partial charge in [0, 0.05) is 39.1 Å². The number of likely N-dealkylation sites (tertiary alicyclic amines) is 2. The topological polar surface area (TPSA) is 77.9 Å². The SMILES string of the molecule is O=C(C[C@]1(c2ccccc2)CC(=O)N(CC2CCCCC2)C1=O)N1CCC[C@@H](CO)C1. The Balaban J connectivity index is 1.58. The summed E-state index contributed by atoms with van der Waals surface area (Å²) in [4.78, 5) is 43.3. The fourth-order valence-corrected chi connectivity index (χ4v) is 5.65. The van der Waals surface area contributed by atoms with Crippen LogP contribution in [0.3, 0.4) is 0 Å². The highest BCUT2D eigenvalue weighted by Gasteiger charge is 2.54. The van der Waals surface area contributed by atoms with Gasteiger partial charge in [0.15, 0.2) is 0 Å². The lowest BCUT2D eigenvalue weighted by Crippen LogP contribution is -2.47. The highest BCUT2D eigenvalue weighted by atomic mass is 16.3. The van der Waals surface area contributed by atoms with Crippen LogP contribution in [-0.4, -0.2) is 58.9 Å². The molecule has 6 heteroatoms. The molecule has 0 aromatic heterocycles. The molecule has 2 aliphatic heterocycles. The third-order valence-corrected chi connectivity index (χ3v) is 7.48. The summed E-state index contributed by atoms with van der Waals surface area (Å²) >= 11 is 0. The number of hydrogen-bond donors (Lipinski definition) is 1. The minimum absolute atomic E-state index is 0.0148. The number of carbonyl (C=O) groups excluding carboxylic acids is 3. The monoisotopic (exact) mass is 426 g/mol. The molecule has 1 aromatic rings. The number of nitrogens with zero attached hydrogens (tertiary/aromatic N) is 2. The largest absolute Gasteiger partial charge is 0.396 e. The van der Waals surface area contributed by atoms with E-state index in [-0.39, 0.29) is 43.1 Å². The van der Waals surface area contributed by atoms with Crippen LogP contribution in [0.1, 0.15) is 63.4 Å². The van der Waals surface area contributed by atoms with E-state index in [9.17, 15) is 19.5 Å². The quantitative estimate of drug-likeness (QED) is 0.710. The lowest BCUT2D eigenvalue weighted by Gasteiger charge is -2.35. The van der Waals surface area contributed by atoms with Crippen LogP contribution in [0.4, 0.5) is 0 Å². The van der Waals surface area contributed by atoms with E-state index in [1.807, 2.05) is 30.3 Å². The molecule has 0 bridgehead atoms. The standard InChI is InChI=1S/C25H34N2O4/c28-18-20-10-7-13-26(16-20)22(29)14-25(21-11-5-2-6-12-21)15-23(30)27(24(25)31)17-19-8-3-1-4-9-19/h2,5-6,11-12,19-20,28H,1,3-4,7-10,13-18H2/t20-,25-/m1/s1. The van der Waals surface area contributed by atoms with Crippen LogP contribution < -0.4 is 0 Å². The lowest BCUT2D eigenvalue weighted by molar-refractivity contribution is -0.144. The van der Waals surface area contributed by atoms with Gasteiger partial charge in [0.2, 0.25) is 17.7 Å². The van der Waals surface area contributed by atoms with Crippen molar-refractivity contribution in [2.24, 2.45) is 11.8 Å². The maximum absolute atomic E-state index is 13.7. The van der Waals surface area contributed by atoms with Crippen molar-refractivity contribution < 1.29 is 19.5 Å². The summed E-state index contributed by atoms with van der Waals surface area (Å²) < 4.78 is 0. The van der Waals surface area contributed by atoms with Crippen LogP contribution in [0.25, 0.3) is 0 Å². The molecule has 2 heterocycles. The van der Waals surface area contributed by atoms with Gasteiger partial charge in [0.1, 0.15) is 0 Å². The first kappa shape index (κ1) is 22.0. The Morgan fingerprint density at radius 3 is 2.42 bits per heavy atom. The average Bonchev–Trinajstić information content (AvgIpc) is 3.05. The molecule has 31 heavy (non-hydrogen) atoms. The minimum Gasteiger partial charge on any atom is -0.396 e. The van der Waals surface area contributed by atoms with Crippen LogP contribution in [0.2, 0.25) is 0 Å². The molecule has 1 aliphatic carbocycles. The fraction of sp³-hybridized carbons (Fsp3) is 0.640. The van der Waals surface area contributed by atoms with E-state index < -0.39 is 5.41 Å². The molecule has 3 aliphatic rings. The second kappa shape index (κ2) is 9.51. The summed E-state index contributed by atoms with van der Waals surface area (Å²) in [5, 5.41) is 9.53. The molecule has 0 radical (unpaired) electrons. The molecule has 6 nitrogen and oxygen atoms in total. The Hall–Kier alpha value is -2.21. The zero-order valence-corrected chi connectivity index (χ0v) is 18.3. The normalized spacial score (nSPS) is 27.7. The number of benzene rings is 1. The second-order valence-electron chi connectivity index (χ2n) is 9.65. The van der Waals surface area contributed by atoms with Gasteiger partial charge in [0.25, 0.3) is 0 Å². The molecule has 2 atom stereocenters. The van der Waals surface area contributed by atoms with E-state index in [4.69, 9.17) is 0 Å². The summed E-state index contributed by atoms with van der Waals surface area (Å²) in [5.41, 5.74) is -0.362. The van der Waals surface area contributed by atoms with Gasteiger partial charge in [-0.05, 0) is 43.1 Å². The molecular formula is C25H34N2O4. The fourth-order valence-electron chi connectivity index (χ4n) is 5.65. The Morgan fingerprint density at radius 2 is 1.71 bits per heavy atom. The van der Waals surface area contributed by atoms with Gasteiger partial charge in [-0.15, -0.1) is 0 Å². The number of aliphatic hydroxyl groups excluding tert-OH is 1. The van der Waals surface area contributed by atoms with Crippen LogP contribution in [0, 0.1) is 11.8 Å². The van der Waals surface area contributed by atoms with Crippen LogP contribution in [-0.2, 0) is 19.8 Å². The average molecular weight is 427 g/mol. The van der Waals surface area contributed by atoms with Gasteiger partial charge >= 0.3 is 0 Å². The molecule has 0 spiro atoms. The summed E-state index contributed by atoms with van der Waals surface area (Å²) in [6.45, 7) is 1.72. The van der Waals surface area contributed by atoms with Crippen LogP contribution in [0.5, 0.6) is 0 Å². The van der Waals surface area contributed by atoms with Gasteiger partial charge in [-0.25, -0.2) is 0 Å². The van der Waals surface area contributed by atoms with Crippen molar-refractivity contribution in [3.8, 4) is 0 Å². The van der Waals surface area contributed by atoms with Crippen molar-refractivity contribution in [2.75, 3.05) is 26.2 Å². The predicted octanol–water partition coefficient (Wildman–Crippen LogP) is 2.88. The molecule has 4 rings (SSSR count). The van der Waals surface area contributed by atoms with E-state index in [1.165, 1.54) is 11.3 Å². The van der Waals surface area contributed by atoms with E-state index in [1.54, 1.807) is 4.90 Å². The van der Waals surface area contributed by atoms with Crippen molar-refractivity contribution in [1.29, 1.82) is 0 Å². The number of amides is 3. The molecule has 0 unspecified atom stereocenters. The van der Waals surface area contributed by atoms with E-state index in [0.29, 0.717) is 25.6 Å². The maximum atomic E-state index is 13.7. The molecule has 2 saturated heterocycles. The third-order valence-electron chi connectivity index (χ3n) is 7.48. The Morgan fingerprint density at radius 1 is 1.00 bits per heavy atom. The van der Waals surface area contributed by atoms with Crippen LogP contribution >= 0.6 is 0 Å². The van der Waals surface area contributed by atoms with E-state index in [0.717, 1.165) is 44.1 Å². The summed E-state index contributed by atoms with van der Waals surface area (Å²) in [5.74, 6) is 0.00512. The van der Waals surface area contributed by atoms with E-state index in [2.05, 4.69) is 0 Å². The van der Waals surface area contributed by atoms with Crippen molar-refractivity contribution in [3.05, 3.63) is 35.9 Å². The number of hydrogen-bond acceptors (Lipinski definition) is 4. The first-order valence-electron chi connectivity index (χ1n) is 11.8. The Kier molecular flexibility index (Phi) is 6.75. The Labute approximate surface area is 184 Å². The van der Waals surface area contributed by atoms with Gasteiger partial charge in [-0.2, -0.15) is 0 Å². The molecule has 3 amide bonds. The predicted molar refractivity (Wildman–Crippen MR) is 117 cm³/mol. The van der Waals surface area contributed by atoms with Crippen molar-refractivity contribution in [3.63, 3.8) is 0 Å². The van der Waals surface area contributed by atoms with Gasteiger partial charge in [-0.1, -0.05) is 49.6 Å². The van der Waals surface area contributed by atoms with Crippen molar-refractivity contribution in [2.45, 2.75) is 63.2 Å². The third kappa shape index (κ3) is 4.54. The summed E-state index contributed by atoms with van der Waals surface area (Å²) in [6, 6.07) is 9.36. The first-order chi connectivity index (χ1) is 15.0. The lowest BCUT2D eigenvalue weighted by atomic mass is 9.75. The van der Waals surface area contributed by atoms with Gasteiger partial charge < -0.3 is 10.0 Å². The number of piperidine rings is 1. The van der Waals surface area contributed by atoms with E-state index >= 15 is 0 Å². The van der Waals surface area contributed by atoms with Gasteiger partial charge in [-0.3, -0.25) is 19.3 Å². The highest BCUT2D eigenvalue weighted by Crippen LogP contribution is 2.41. The molecule has 1 saturated carbocycles. The molecule has 1 N–H and O–H groups in total. The molecular weight excluding hydrogens is 392 g/mol. The second-order valence-corrected chi connectivity index (χ2v) is 9.65. The van der Waals surface area contributed by atoms with Gasteiger partial charge in [0.05, 0.1) is 5.41 Å². The maximum Gasteiger partial charge on any atom is 0.240 e. The molecule has 3 fully saturated rings. The molecule has 1 aromatic carbocycles. The number of rotatable bonds is 6. The first-order valence-corrected chi connectivity index (χ1v) is 11.8. The highest BCUT2D eigenvalue weighted by molar-refractivity contribution is 6.10. The summed E-state index contributed by atoms with van der Waals surface area (Å²) in [6.07, 6.45) is 7.51.